The number of hydrogen-bond donors (Lipinski definition) is 0. The van der Waals surface area contributed by atoms with Gasteiger partial charge in [-0.05, 0) is 31.5 Å². The van der Waals surface area contributed by atoms with Gasteiger partial charge in [0.25, 0.3) is 0 Å². The maximum atomic E-state index is 5.89. The van der Waals surface area contributed by atoms with Crippen LogP contribution in [0.1, 0.15) is 19.3 Å². The van der Waals surface area contributed by atoms with Crippen molar-refractivity contribution in [2.75, 3.05) is 32.9 Å². The van der Waals surface area contributed by atoms with E-state index in [-0.39, 0.29) is 6.29 Å². The van der Waals surface area contributed by atoms with Crippen molar-refractivity contribution >= 4 is 0 Å². The van der Waals surface area contributed by atoms with Gasteiger partial charge in [0.05, 0.1) is 13.2 Å². The van der Waals surface area contributed by atoms with E-state index in [2.05, 4.69) is 4.90 Å². The minimum absolute atomic E-state index is 0.00583. The molecule has 0 unspecified atom stereocenters. The fourth-order valence-electron chi connectivity index (χ4n) is 2.93. The topological polar surface area (TPSA) is 30.9 Å². The van der Waals surface area contributed by atoms with Gasteiger partial charge < -0.3 is 14.2 Å². The summed E-state index contributed by atoms with van der Waals surface area (Å²) in [5.41, 5.74) is 0. The van der Waals surface area contributed by atoms with Crippen LogP contribution in [-0.4, -0.2) is 50.1 Å². The van der Waals surface area contributed by atoms with Gasteiger partial charge in [-0.25, -0.2) is 0 Å². The first kappa shape index (κ1) is 13.9. The van der Waals surface area contributed by atoms with Crippen LogP contribution in [0.2, 0.25) is 0 Å². The second-order valence-electron chi connectivity index (χ2n) is 5.42. The summed E-state index contributed by atoms with van der Waals surface area (Å²) >= 11 is 0. The molecule has 0 radical (unpaired) electrons. The maximum absolute atomic E-state index is 5.89. The molecule has 2 aliphatic heterocycles. The van der Waals surface area contributed by atoms with E-state index >= 15 is 0 Å². The van der Waals surface area contributed by atoms with E-state index in [0.717, 1.165) is 45.1 Å². The van der Waals surface area contributed by atoms with Crippen molar-refractivity contribution in [3.63, 3.8) is 0 Å². The number of benzene rings is 1. The Bertz CT molecular complexity index is 392. The van der Waals surface area contributed by atoms with Crippen LogP contribution in [0.15, 0.2) is 30.3 Å². The average molecular weight is 277 g/mol. The highest BCUT2D eigenvalue weighted by Crippen LogP contribution is 2.20. The Balaban J connectivity index is 1.43. The molecule has 0 bridgehead atoms. The van der Waals surface area contributed by atoms with Crippen molar-refractivity contribution in [1.29, 1.82) is 0 Å². The van der Waals surface area contributed by atoms with Gasteiger partial charge in [0, 0.05) is 19.0 Å². The summed E-state index contributed by atoms with van der Waals surface area (Å²) in [5, 5.41) is 0. The molecule has 4 heteroatoms. The average Bonchev–Trinajstić information content (AvgIpc) is 3.15. The van der Waals surface area contributed by atoms with E-state index < -0.39 is 0 Å². The Morgan fingerprint density at radius 1 is 1.15 bits per heavy atom. The molecule has 0 spiro atoms. The van der Waals surface area contributed by atoms with Gasteiger partial charge in [0.2, 0.25) is 0 Å². The van der Waals surface area contributed by atoms with Crippen molar-refractivity contribution in [2.24, 2.45) is 0 Å². The molecule has 0 aromatic heterocycles. The van der Waals surface area contributed by atoms with Crippen molar-refractivity contribution in [3.05, 3.63) is 30.3 Å². The molecule has 4 nitrogen and oxygen atoms in total. The minimum atomic E-state index is 0.00583. The van der Waals surface area contributed by atoms with Crippen molar-refractivity contribution < 1.29 is 14.2 Å². The zero-order valence-corrected chi connectivity index (χ0v) is 11.9. The zero-order chi connectivity index (χ0) is 13.6. The fourth-order valence-corrected chi connectivity index (χ4v) is 2.93. The molecule has 2 saturated heterocycles. The molecule has 20 heavy (non-hydrogen) atoms. The highest BCUT2D eigenvalue weighted by atomic mass is 16.7. The molecule has 1 atom stereocenters. The van der Waals surface area contributed by atoms with Crippen LogP contribution in [0.25, 0.3) is 0 Å². The van der Waals surface area contributed by atoms with Gasteiger partial charge in [-0.15, -0.1) is 0 Å². The molecule has 0 aliphatic carbocycles. The molecule has 0 saturated carbocycles. The molecular formula is C16H23NO3. The Morgan fingerprint density at radius 3 is 2.75 bits per heavy atom. The normalized spacial score (nSPS) is 24.3. The summed E-state index contributed by atoms with van der Waals surface area (Å²) < 4.78 is 16.9. The fraction of sp³-hybridized carbons (Fsp3) is 0.625. The number of hydrogen-bond acceptors (Lipinski definition) is 4. The number of nitrogens with zero attached hydrogens (tertiary/aromatic N) is 1. The SMILES string of the molecule is c1ccc(OC[C@@H]2CCCN2CCC2OCCO2)cc1. The van der Waals surface area contributed by atoms with Crippen LogP contribution >= 0.6 is 0 Å². The number of para-hydroxylation sites is 1. The van der Waals surface area contributed by atoms with Crippen LogP contribution in [0.5, 0.6) is 5.75 Å². The first-order chi connectivity index (χ1) is 9.92. The van der Waals surface area contributed by atoms with Gasteiger partial charge in [-0.2, -0.15) is 0 Å². The number of rotatable bonds is 6. The molecular weight excluding hydrogens is 254 g/mol. The predicted molar refractivity (Wildman–Crippen MR) is 76.8 cm³/mol. The molecule has 0 N–H and O–H groups in total. The third-order valence-corrected chi connectivity index (χ3v) is 4.03. The molecule has 3 rings (SSSR count). The van der Waals surface area contributed by atoms with Crippen LogP contribution in [0, 0.1) is 0 Å². The first-order valence-corrected chi connectivity index (χ1v) is 7.57. The van der Waals surface area contributed by atoms with Gasteiger partial charge in [-0.1, -0.05) is 18.2 Å². The Morgan fingerprint density at radius 2 is 1.95 bits per heavy atom. The Kier molecular flexibility index (Phi) is 4.90. The van der Waals surface area contributed by atoms with Crippen LogP contribution in [0.3, 0.4) is 0 Å². The number of likely N-dealkylation sites (tertiary alicyclic amines) is 1. The van der Waals surface area contributed by atoms with Crippen molar-refractivity contribution in [3.8, 4) is 5.75 Å². The summed E-state index contributed by atoms with van der Waals surface area (Å²) in [4.78, 5) is 2.51. The molecule has 0 amide bonds. The second-order valence-corrected chi connectivity index (χ2v) is 5.42. The Labute approximate surface area is 120 Å². The largest absolute Gasteiger partial charge is 0.492 e. The quantitative estimate of drug-likeness (QED) is 0.798. The second kappa shape index (κ2) is 7.07. The zero-order valence-electron chi connectivity index (χ0n) is 11.9. The van der Waals surface area contributed by atoms with Crippen LogP contribution < -0.4 is 4.74 Å². The molecule has 2 aliphatic rings. The highest BCUT2D eigenvalue weighted by Gasteiger charge is 2.26. The Hall–Kier alpha value is -1.10. The van der Waals surface area contributed by atoms with E-state index in [0.29, 0.717) is 6.04 Å². The minimum Gasteiger partial charge on any atom is -0.492 e. The lowest BCUT2D eigenvalue weighted by atomic mass is 10.2. The maximum Gasteiger partial charge on any atom is 0.159 e. The van der Waals surface area contributed by atoms with Crippen molar-refractivity contribution in [1.82, 2.24) is 4.90 Å². The molecule has 1 aromatic rings. The summed E-state index contributed by atoms with van der Waals surface area (Å²) in [5.74, 6) is 0.960. The summed E-state index contributed by atoms with van der Waals surface area (Å²) in [6, 6.07) is 10.6. The molecule has 110 valence electrons. The van der Waals surface area contributed by atoms with E-state index in [4.69, 9.17) is 14.2 Å². The third kappa shape index (κ3) is 3.72. The van der Waals surface area contributed by atoms with Gasteiger partial charge in [-0.3, -0.25) is 4.90 Å². The van der Waals surface area contributed by atoms with Gasteiger partial charge in [0.15, 0.2) is 6.29 Å². The summed E-state index contributed by atoms with van der Waals surface area (Å²) in [6.07, 6.45) is 3.45. The molecule has 2 heterocycles. The predicted octanol–water partition coefficient (Wildman–Crippen LogP) is 2.29. The van der Waals surface area contributed by atoms with Crippen LogP contribution in [0.4, 0.5) is 0 Å². The lowest BCUT2D eigenvalue weighted by Gasteiger charge is -2.25. The standard InChI is InChI=1S/C16H23NO3/c1-2-6-15(7-3-1)20-13-14-5-4-9-17(14)10-8-16-18-11-12-19-16/h1-3,6-7,14,16H,4-5,8-13H2/t14-/m0/s1. The van der Waals surface area contributed by atoms with Crippen LogP contribution in [-0.2, 0) is 9.47 Å². The van der Waals surface area contributed by atoms with E-state index in [1.807, 2.05) is 30.3 Å². The number of ether oxygens (including phenoxy) is 3. The highest BCUT2D eigenvalue weighted by molar-refractivity contribution is 5.20. The third-order valence-electron chi connectivity index (χ3n) is 4.03. The van der Waals surface area contributed by atoms with Gasteiger partial charge >= 0.3 is 0 Å². The molecule has 2 fully saturated rings. The van der Waals surface area contributed by atoms with E-state index in [9.17, 15) is 0 Å². The lowest BCUT2D eigenvalue weighted by molar-refractivity contribution is -0.0526. The summed E-state index contributed by atoms with van der Waals surface area (Å²) in [7, 11) is 0. The first-order valence-electron chi connectivity index (χ1n) is 7.57. The van der Waals surface area contributed by atoms with Gasteiger partial charge in [0.1, 0.15) is 12.4 Å². The van der Waals surface area contributed by atoms with Crippen molar-refractivity contribution in [2.45, 2.75) is 31.6 Å². The summed E-state index contributed by atoms with van der Waals surface area (Å²) in [6.45, 7) is 4.45. The smallest absolute Gasteiger partial charge is 0.159 e. The molecule has 1 aromatic carbocycles. The lowest BCUT2D eigenvalue weighted by Crippen LogP contribution is -2.36. The van der Waals surface area contributed by atoms with E-state index in [1.54, 1.807) is 0 Å². The monoisotopic (exact) mass is 277 g/mol. The van der Waals surface area contributed by atoms with E-state index in [1.165, 1.54) is 12.8 Å².